The third-order valence-corrected chi connectivity index (χ3v) is 5.87. The van der Waals surface area contributed by atoms with E-state index in [0.29, 0.717) is 13.0 Å². The fourth-order valence-corrected chi connectivity index (χ4v) is 3.78. The predicted octanol–water partition coefficient (Wildman–Crippen LogP) is 3.80. The van der Waals surface area contributed by atoms with Crippen LogP contribution >= 0.6 is 0 Å². The van der Waals surface area contributed by atoms with Gasteiger partial charge >= 0.3 is 0 Å². The molecule has 32 heavy (non-hydrogen) atoms. The van der Waals surface area contributed by atoms with Crippen LogP contribution in [-0.4, -0.2) is 49.2 Å². The van der Waals surface area contributed by atoms with E-state index >= 15 is 0 Å². The normalized spacial score (nSPS) is 14.4. The smallest absolute Gasteiger partial charge is 0.228 e. The maximum Gasteiger partial charge on any atom is 0.228 e. The summed E-state index contributed by atoms with van der Waals surface area (Å²) in [6.07, 6.45) is 0.310. The molecular weight excluding hydrogens is 404 g/mol. The number of carbonyl (C=O) groups excluding carboxylic acids is 1. The summed E-state index contributed by atoms with van der Waals surface area (Å²) >= 11 is 0. The molecule has 0 spiro atoms. The highest BCUT2D eigenvalue weighted by atomic mass is 16.5. The zero-order chi connectivity index (χ0) is 22.5. The van der Waals surface area contributed by atoms with Gasteiger partial charge in [-0.3, -0.25) is 4.79 Å². The summed E-state index contributed by atoms with van der Waals surface area (Å²) in [4.78, 5) is 17.2. The molecule has 1 aliphatic rings. The highest BCUT2D eigenvalue weighted by Crippen LogP contribution is 2.21. The molecule has 7 heteroatoms. The highest BCUT2D eigenvalue weighted by Gasteiger charge is 2.14. The summed E-state index contributed by atoms with van der Waals surface area (Å²) in [6.45, 7) is 8.38. The lowest BCUT2D eigenvalue weighted by atomic mass is 10.1. The third kappa shape index (κ3) is 5.48. The Kier molecular flexibility index (Phi) is 6.75. The quantitative estimate of drug-likeness (QED) is 0.610. The topological polar surface area (TPSA) is 70.8 Å². The number of anilines is 2. The van der Waals surface area contributed by atoms with Gasteiger partial charge in [-0.15, -0.1) is 0 Å². The monoisotopic (exact) mass is 434 g/mol. The van der Waals surface area contributed by atoms with E-state index in [1.54, 1.807) is 0 Å². The first-order valence-electron chi connectivity index (χ1n) is 10.9. The van der Waals surface area contributed by atoms with Crippen molar-refractivity contribution >= 4 is 17.3 Å². The number of nitrogens with one attached hydrogen (secondary N) is 1. The minimum Gasteiger partial charge on any atom is -0.489 e. The van der Waals surface area contributed by atoms with Gasteiger partial charge in [0.25, 0.3) is 0 Å². The number of likely N-dealkylation sites (N-methyl/N-ethyl adjacent to an activating group) is 1. The number of nitrogens with zero attached hydrogens (tertiary/aromatic N) is 3. The molecule has 7 nitrogen and oxygen atoms in total. The fourth-order valence-electron chi connectivity index (χ4n) is 3.78. The van der Waals surface area contributed by atoms with Crippen molar-refractivity contribution in [2.24, 2.45) is 0 Å². The van der Waals surface area contributed by atoms with Gasteiger partial charge in [-0.2, -0.15) is 0 Å². The van der Waals surface area contributed by atoms with E-state index in [1.165, 1.54) is 5.69 Å². The highest BCUT2D eigenvalue weighted by molar-refractivity contribution is 5.92. The molecule has 0 saturated carbocycles. The summed E-state index contributed by atoms with van der Waals surface area (Å²) in [5.74, 6) is 1.47. The van der Waals surface area contributed by atoms with Crippen LogP contribution in [0.5, 0.6) is 5.75 Å². The maximum absolute atomic E-state index is 12.5. The first-order valence-corrected chi connectivity index (χ1v) is 10.9. The van der Waals surface area contributed by atoms with Crippen molar-refractivity contribution in [1.82, 2.24) is 10.1 Å². The average molecular weight is 435 g/mol. The van der Waals surface area contributed by atoms with Crippen LogP contribution in [0.3, 0.4) is 0 Å². The zero-order valence-electron chi connectivity index (χ0n) is 18.9. The molecule has 3 aromatic rings. The van der Waals surface area contributed by atoms with Gasteiger partial charge in [0.05, 0.1) is 17.7 Å². The molecule has 0 unspecified atom stereocenters. The van der Waals surface area contributed by atoms with Crippen LogP contribution in [0, 0.1) is 13.8 Å². The lowest BCUT2D eigenvalue weighted by Gasteiger charge is -2.34. The molecule has 1 saturated heterocycles. The lowest BCUT2D eigenvalue weighted by molar-refractivity contribution is -0.115. The molecule has 0 bridgehead atoms. The molecule has 0 radical (unpaired) electrons. The van der Waals surface area contributed by atoms with E-state index in [-0.39, 0.29) is 5.91 Å². The van der Waals surface area contributed by atoms with Crippen LogP contribution in [0.25, 0.3) is 0 Å². The zero-order valence-corrected chi connectivity index (χ0v) is 18.9. The Balaban J connectivity index is 1.26. The SMILES string of the molecule is Cc1noc(C)c1COc1ccc(CC(=O)Nc2ccc(N3CCN(C)CC3)cc2)cc1. The van der Waals surface area contributed by atoms with E-state index in [0.717, 1.165) is 60.2 Å². The number of amides is 1. The van der Waals surface area contributed by atoms with Crippen molar-refractivity contribution in [1.29, 1.82) is 0 Å². The average Bonchev–Trinajstić information content (AvgIpc) is 3.11. The number of hydrogen-bond acceptors (Lipinski definition) is 6. The van der Waals surface area contributed by atoms with Crippen LogP contribution in [0.1, 0.15) is 22.6 Å². The molecule has 1 N–H and O–H groups in total. The van der Waals surface area contributed by atoms with Gasteiger partial charge in [0.15, 0.2) is 0 Å². The second kappa shape index (κ2) is 9.87. The maximum atomic E-state index is 12.5. The summed E-state index contributed by atoms with van der Waals surface area (Å²) in [6, 6.07) is 15.7. The molecule has 1 aromatic heterocycles. The Morgan fingerprint density at radius 3 is 2.34 bits per heavy atom. The number of benzene rings is 2. The van der Waals surface area contributed by atoms with Crippen LogP contribution < -0.4 is 15.0 Å². The lowest BCUT2D eigenvalue weighted by Crippen LogP contribution is -2.44. The van der Waals surface area contributed by atoms with Gasteiger partial charge < -0.3 is 24.4 Å². The van der Waals surface area contributed by atoms with Crippen molar-refractivity contribution in [2.45, 2.75) is 26.9 Å². The number of hydrogen-bond donors (Lipinski definition) is 1. The van der Waals surface area contributed by atoms with Gasteiger partial charge in [0, 0.05) is 37.6 Å². The largest absolute Gasteiger partial charge is 0.489 e. The van der Waals surface area contributed by atoms with Gasteiger partial charge in [0.1, 0.15) is 18.1 Å². The molecular formula is C25H30N4O3. The molecule has 1 fully saturated rings. The Morgan fingerprint density at radius 1 is 1.03 bits per heavy atom. The summed E-state index contributed by atoms with van der Waals surface area (Å²) in [5.41, 5.74) is 4.75. The van der Waals surface area contributed by atoms with Gasteiger partial charge in [0.2, 0.25) is 5.91 Å². The number of rotatable bonds is 7. The molecule has 168 valence electrons. The summed E-state index contributed by atoms with van der Waals surface area (Å²) in [7, 11) is 2.15. The van der Waals surface area contributed by atoms with Crippen molar-refractivity contribution < 1.29 is 14.1 Å². The first-order chi connectivity index (χ1) is 15.5. The number of carbonyl (C=O) groups is 1. The molecule has 1 amide bonds. The van der Waals surface area contributed by atoms with E-state index in [4.69, 9.17) is 9.26 Å². The molecule has 2 aromatic carbocycles. The number of aromatic nitrogens is 1. The number of ether oxygens (including phenoxy) is 1. The minimum absolute atomic E-state index is 0.0401. The fraction of sp³-hybridized carbons (Fsp3) is 0.360. The standard InChI is InChI=1S/C25H30N4O3/c1-18-24(19(2)32-27-18)17-31-23-10-4-20(5-11-23)16-25(30)26-21-6-8-22(9-7-21)29-14-12-28(3)13-15-29/h4-11H,12-17H2,1-3H3,(H,26,30). The van der Waals surface area contributed by atoms with E-state index in [2.05, 4.69) is 39.5 Å². The molecule has 1 aliphatic heterocycles. The molecule has 2 heterocycles. The third-order valence-electron chi connectivity index (χ3n) is 5.87. The second-order valence-electron chi connectivity index (χ2n) is 8.30. The first kappa shape index (κ1) is 21.9. The van der Waals surface area contributed by atoms with Gasteiger partial charge in [-0.1, -0.05) is 17.3 Å². The van der Waals surface area contributed by atoms with Crippen LogP contribution in [0.2, 0.25) is 0 Å². The number of aryl methyl sites for hydroxylation is 2. The van der Waals surface area contributed by atoms with Gasteiger partial charge in [-0.25, -0.2) is 0 Å². The Hall–Kier alpha value is -3.32. The Morgan fingerprint density at radius 2 is 1.72 bits per heavy atom. The molecule has 4 rings (SSSR count). The predicted molar refractivity (Wildman–Crippen MR) is 125 cm³/mol. The van der Waals surface area contributed by atoms with E-state index in [9.17, 15) is 4.79 Å². The van der Waals surface area contributed by atoms with Gasteiger partial charge in [-0.05, 0) is 62.9 Å². The van der Waals surface area contributed by atoms with Crippen molar-refractivity contribution in [2.75, 3.05) is 43.4 Å². The van der Waals surface area contributed by atoms with Crippen molar-refractivity contribution in [3.05, 3.63) is 71.1 Å². The number of piperazine rings is 1. The van der Waals surface area contributed by atoms with Crippen LogP contribution in [0.4, 0.5) is 11.4 Å². The van der Waals surface area contributed by atoms with Crippen LogP contribution in [0.15, 0.2) is 53.1 Å². The van der Waals surface area contributed by atoms with E-state index < -0.39 is 0 Å². The second-order valence-corrected chi connectivity index (χ2v) is 8.30. The minimum atomic E-state index is -0.0401. The summed E-state index contributed by atoms with van der Waals surface area (Å²) in [5, 5.41) is 6.92. The van der Waals surface area contributed by atoms with Crippen molar-refractivity contribution in [3.8, 4) is 5.75 Å². The Labute approximate surface area is 188 Å². The molecule has 0 atom stereocenters. The van der Waals surface area contributed by atoms with Crippen molar-refractivity contribution in [3.63, 3.8) is 0 Å². The van der Waals surface area contributed by atoms with Crippen LogP contribution in [-0.2, 0) is 17.8 Å². The summed E-state index contributed by atoms with van der Waals surface area (Å²) < 4.78 is 11.0. The Bertz CT molecular complexity index is 1020. The molecule has 0 aliphatic carbocycles. The van der Waals surface area contributed by atoms with E-state index in [1.807, 2.05) is 50.2 Å².